The summed E-state index contributed by atoms with van der Waals surface area (Å²) in [5.41, 5.74) is 2.19. The minimum absolute atomic E-state index is 0.223. The summed E-state index contributed by atoms with van der Waals surface area (Å²) in [6.07, 6.45) is 2.50. The molecule has 3 rings (SSSR count). The van der Waals surface area contributed by atoms with Gasteiger partial charge in [-0.3, -0.25) is 9.59 Å². The second-order valence-corrected chi connectivity index (χ2v) is 7.29. The quantitative estimate of drug-likeness (QED) is 0.454. The van der Waals surface area contributed by atoms with Crippen LogP contribution in [0.5, 0.6) is 0 Å². The van der Waals surface area contributed by atoms with E-state index >= 15 is 0 Å². The van der Waals surface area contributed by atoms with Crippen LogP contribution in [0.1, 0.15) is 23.4 Å². The molecule has 27 heavy (non-hydrogen) atoms. The van der Waals surface area contributed by atoms with E-state index in [2.05, 4.69) is 22.4 Å². The fourth-order valence-corrected chi connectivity index (χ4v) is 3.64. The molecule has 140 valence electrons. The molecule has 1 N–H and O–H groups in total. The minimum atomic E-state index is -0.381. The van der Waals surface area contributed by atoms with Crippen molar-refractivity contribution >= 4 is 33.4 Å². The number of nitrogens with zero attached hydrogens (tertiary/aromatic N) is 1. The van der Waals surface area contributed by atoms with Crippen molar-refractivity contribution in [1.29, 1.82) is 0 Å². The summed E-state index contributed by atoms with van der Waals surface area (Å²) >= 11 is 1.58. The zero-order valence-corrected chi connectivity index (χ0v) is 15.8. The fraction of sp³-hybridized carbons (Fsp3) is 0.286. The normalized spacial score (nSPS) is 10.7. The summed E-state index contributed by atoms with van der Waals surface area (Å²) in [4.78, 5) is 28.1. The number of hydrogen-bond donors (Lipinski definition) is 1. The summed E-state index contributed by atoms with van der Waals surface area (Å²) in [5, 5.41) is 3.67. The summed E-state index contributed by atoms with van der Waals surface area (Å²) in [5.74, 6) is -0.648. The molecule has 0 saturated heterocycles. The molecule has 1 aromatic heterocycles. The van der Waals surface area contributed by atoms with Crippen molar-refractivity contribution in [2.24, 2.45) is 0 Å². The van der Waals surface area contributed by atoms with Crippen molar-refractivity contribution in [3.8, 4) is 0 Å². The third-order valence-corrected chi connectivity index (χ3v) is 5.15. The third-order valence-electron chi connectivity index (χ3n) is 4.05. The number of rotatable bonds is 9. The Morgan fingerprint density at radius 2 is 1.78 bits per heavy atom. The Hall–Kier alpha value is -2.73. The van der Waals surface area contributed by atoms with E-state index < -0.39 is 0 Å². The molecule has 0 aliphatic rings. The summed E-state index contributed by atoms with van der Waals surface area (Å²) in [6.45, 7) is 0.334. The predicted molar refractivity (Wildman–Crippen MR) is 107 cm³/mol. The van der Waals surface area contributed by atoms with Crippen LogP contribution in [0.4, 0.5) is 0 Å². The molecule has 1 heterocycles. The van der Waals surface area contributed by atoms with Gasteiger partial charge in [-0.05, 0) is 30.5 Å². The van der Waals surface area contributed by atoms with Crippen molar-refractivity contribution in [1.82, 2.24) is 10.3 Å². The van der Waals surface area contributed by atoms with Crippen LogP contribution in [0.15, 0.2) is 54.6 Å². The molecule has 0 atom stereocenters. The molecule has 0 radical (unpaired) electrons. The first-order chi connectivity index (χ1) is 13.2. The number of esters is 1. The van der Waals surface area contributed by atoms with Gasteiger partial charge in [0.15, 0.2) is 6.61 Å². The molecule has 0 unspecified atom stereocenters. The van der Waals surface area contributed by atoms with Gasteiger partial charge in [0.2, 0.25) is 0 Å². The van der Waals surface area contributed by atoms with E-state index in [0.29, 0.717) is 13.0 Å². The van der Waals surface area contributed by atoms with Gasteiger partial charge < -0.3 is 10.1 Å². The molecule has 3 aromatic rings. The third kappa shape index (κ3) is 6.18. The second-order valence-electron chi connectivity index (χ2n) is 6.18. The average molecular weight is 382 g/mol. The van der Waals surface area contributed by atoms with Gasteiger partial charge in [-0.15, -0.1) is 11.3 Å². The number of fused-ring (bicyclic) bond motifs is 1. The molecule has 2 aromatic carbocycles. The molecule has 6 heteroatoms. The van der Waals surface area contributed by atoms with E-state index in [1.165, 1.54) is 5.56 Å². The van der Waals surface area contributed by atoms with Gasteiger partial charge in [0.25, 0.3) is 5.91 Å². The van der Waals surface area contributed by atoms with Crippen LogP contribution in [-0.4, -0.2) is 30.0 Å². The number of thiazole rings is 1. The second kappa shape index (κ2) is 9.83. The topological polar surface area (TPSA) is 68.3 Å². The molecule has 0 bridgehead atoms. The number of amides is 1. The number of aryl methyl sites for hydroxylation is 2. The van der Waals surface area contributed by atoms with Gasteiger partial charge in [-0.1, -0.05) is 42.5 Å². The van der Waals surface area contributed by atoms with Gasteiger partial charge in [-0.2, -0.15) is 0 Å². The van der Waals surface area contributed by atoms with Crippen molar-refractivity contribution in [3.05, 3.63) is 65.2 Å². The van der Waals surface area contributed by atoms with Crippen molar-refractivity contribution in [2.75, 3.05) is 13.2 Å². The molecule has 0 aliphatic heterocycles. The zero-order chi connectivity index (χ0) is 18.9. The van der Waals surface area contributed by atoms with E-state index in [9.17, 15) is 9.59 Å². The van der Waals surface area contributed by atoms with Gasteiger partial charge in [0.1, 0.15) is 0 Å². The molecule has 1 amide bonds. The summed E-state index contributed by atoms with van der Waals surface area (Å²) in [7, 11) is 0. The Labute approximate surface area is 162 Å². The van der Waals surface area contributed by atoms with Gasteiger partial charge in [0, 0.05) is 13.0 Å². The minimum Gasteiger partial charge on any atom is -0.456 e. The van der Waals surface area contributed by atoms with Crippen molar-refractivity contribution in [2.45, 2.75) is 25.7 Å². The van der Waals surface area contributed by atoms with Crippen LogP contribution in [0.25, 0.3) is 10.2 Å². The highest BCUT2D eigenvalue weighted by molar-refractivity contribution is 7.18. The van der Waals surface area contributed by atoms with Crippen LogP contribution >= 0.6 is 11.3 Å². The molecule has 0 spiro atoms. The Morgan fingerprint density at radius 3 is 2.59 bits per heavy atom. The highest BCUT2D eigenvalue weighted by Crippen LogP contribution is 2.22. The monoisotopic (exact) mass is 382 g/mol. The van der Waals surface area contributed by atoms with Crippen LogP contribution in [-0.2, 0) is 27.2 Å². The maximum Gasteiger partial charge on any atom is 0.306 e. The van der Waals surface area contributed by atoms with Crippen molar-refractivity contribution in [3.63, 3.8) is 0 Å². The molecular formula is C21H22N2O3S. The van der Waals surface area contributed by atoms with E-state index in [4.69, 9.17) is 4.74 Å². The van der Waals surface area contributed by atoms with Gasteiger partial charge in [0.05, 0.1) is 21.6 Å². The summed E-state index contributed by atoms with van der Waals surface area (Å²) < 4.78 is 6.15. The summed E-state index contributed by atoms with van der Waals surface area (Å²) in [6, 6.07) is 18.0. The van der Waals surface area contributed by atoms with E-state index in [-0.39, 0.29) is 24.9 Å². The first kappa shape index (κ1) is 19.0. The molecule has 0 saturated carbocycles. The predicted octanol–water partition coefficient (Wildman–Crippen LogP) is 3.52. The number of nitrogens with one attached hydrogen (secondary N) is 1. The Bertz CT molecular complexity index is 860. The van der Waals surface area contributed by atoms with Crippen LogP contribution in [0.3, 0.4) is 0 Å². The van der Waals surface area contributed by atoms with Crippen molar-refractivity contribution < 1.29 is 14.3 Å². The molecular weight excluding hydrogens is 360 g/mol. The first-order valence-corrected chi connectivity index (χ1v) is 9.83. The average Bonchev–Trinajstić information content (AvgIpc) is 3.12. The highest BCUT2D eigenvalue weighted by Gasteiger charge is 2.10. The number of ether oxygens (including phenoxy) is 1. The first-order valence-electron chi connectivity index (χ1n) is 9.01. The van der Waals surface area contributed by atoms with E-state index in [1.807, 2.05) is 42.5 Å². The van der Waals surface area contributed by atoms with E-state index in [0.717, 1.165) is 28.1 Å². The maximum absolute atomic E-state index is 11.8. The standard InChI is InChI=1S/C21H22N2O3S/c24-19(22-14-6-9-16-7-2-1-3-8-16)15-26-21(25)13-12-20-23-17-10-4-5-11-18(17)27-20/h1-5,7-8,10-11H,6,9,12-15H2,(H,22,24). The Morgan fingerprint density at radius 1 is 1.00 bits per heavy atom. The number of para-hydroxylation sites is 1. The highest BCUT2D eigenvalue weighted by atomic mass is 32.1. The number of aromatic nitrogens is 1. The lowest BCUT2D eigenvalue weighted by Gasteiger charge is -2.06. The number of benzene rings is 2. The molecule has 0 fully saturated rings. The lowest BCUT2D eigenvalue weighted by molar-refractivity contribution is -0.148. The number of hydrogen-bond acceptors (Lipinski definition) is 5. The molecule has 0 aliphatic carbocycles. The molecule has 5 nitrogen and oxygen atoms in total. The SMILES string of the molecule is O=C(COC(=O)CCc1nc2ccccc2s1)NCCCc1ccccc1. The largest absolute Gasteiger partial charge is 0.456 e. The maximum atomic E-state index is 11.8. The van der Waals surface area contributed by atoms with Crippen LogP contribution < -0.4 is 5.32 Å². The van der Waals surface area contributed by atoms with Gasteiger partial charge >= 0.3 is 5.97 Å². The number of carbonyl (C=O) groups excluding carboxylic acids is 2. The van der Waals surface area contributed by atoms with Crippen LogP contribution in [0, 0.1) is 0 Å². The zero-order valence-electron chi connectivity index (χ0n) is 15.0. The lowest BCUT2D eigenvalue weighted by atomic mass is 10.1. The Balaban J connectivity index is 1.29. The fourth-order valence-electron chi connectivity index (χ4n) is 2.67. The lowest BCUT2D eigenvalue weighted by Crippen LogP contribution is -2.29. The van der Waals surface area contributed by atoms with Crippen LogP contribution in [0.2, 0.25) is 0 Å². The van der Waals surface area contributed by atoms with Gasteiger partial charge in [-0.25, -0.2) is 4.98 Å². The van der Waals surface area contributed by atoms with E-state index in [1.54, 1.807) is 11.3 Å². The smallest absolute Gasteiger partial charge is 0.306 e. The Kier molecular flexibility index (Phi) is 6.93. The number of carbonyl (C=O) groups is 2.